The SMILES string of the molecule is O=C1OC(Cn2ccnn2)CN1c1ccc(-n2cccc2)c(F)c1. The van der Waals surface area contributed by atoms with E-state index >= 15 is 0 Å². The number of carbonyl (C=O) groups is 1. The van der Waals surface area contributed by atoms with Gasteiger partial charge >= 0.3 is 6.09 Å². The smallest absolute Gasteiger partial charge is 0.414 e. The predicted molar refractivity (Wildman–Crippen MR) is 83.4 cm³/mol. The number of benzene rings is 1. The normalized spacial score (nSPS) is 17.3. The predicted octanol–water partition coefficient (Wildman–Crippen LogP) is 2.23. The highest BCUT2D eigenvalue weighted by Crippen LogP contribution is 2.25. The molecule has 0 aliphatic carbocycles. The molecule has 1 aliphatic rings. The van der Waals surface area contributed by atoms with E-state index < -0.39 is 11.9 Å². The van der Waals surface area contributed by atoms with Crippen LogP contribution in [-0.4, -0.2) is 38.3 Å². The van der Waals surface area contributed by atoms with Crippen molar-refractivity contribution < 1.29 is 13.9 Å². The quantitative estimate of drug-likeness (QED) is 0.737. The van der Waals surface area contributed by atoms with Crippen molar-refractivity contribution in [2.75, 3.05) is 11.4 Å². The van der Waals surface area contributed by atoms with Crippen LogP contribution in [0.1, 0.15) is 0 Å². The number of halogens is 1. The third kappa shape index (κ3) is 2.62. The van der Waals surface area contributed by atoms with Gasteiger partial charge in [0.25, 0.3) is 0 Å². The van der Waals surface area contributed by atoms with Gasteiger partial charge in [0.05, 0.1) is 30.7 Å². The van der Waals surface area contributed by atoms with Gasteiger partial charge in [0.1, 0.15) is 11.9 Å². The van der Waals surface area contributed by atoms with E-state index in [9.17, 15) is 9.18 Å². The Morgan fingerprint density at radius 3 is 2.79 bits per heavy atom. The van der Waals surface area contributed by atoms with Crippen molar-refractivity contribution in [2.45, 2.75) is 12.6 Å². The molecule has 3 heterocycles. The van der Waals surface area contributed by atoms with Gasteiger partial charge in [-0.25, -0.2) is 13.9 Å². The maximum atomic E-state index is 14.4. The van der Waals surface area contributed by atoms with Crippen LogP contribution < -0.4 is 4.90 Å². The van der Waals surface area contributed by atoms with Crippen molar-refractivity contribution >= 4 is 11.8 Å². The Hall–Kier alpha value is -3.16. The fourth-order valence-corrected chi connectivity index (χ4v) is 2.73. The highest BCUT2D eigenvalue weighted by Gasteiger charge is 2.33. The van der Waals surface area contributed by atoms with Crippen LogP contribution in [0.2, 0.25) is 0 Å². The lowest BCUT2D eigenvalue weighted by atomic mass is 10.2. The van der Waals surface area contributed by atoms with Crippen molar-refractivity contribution in [1.29, 1.82) is 0 Å². The Balaban J connectivity index is 1.53. The second-order valence-electron chi connectivity index (χ2n) is 5.47. The molecule has 7 nitrogen and oxygen atoms in total. The van der Waals surface area contributed by atoms with Gasteiger partial charge in [0.2, 0.25) is 0 Å². The second-order valence-corrected chi connectivity index (χ2v) is 5.47. The molecule has 0 bridgehead atoms. The first-order valence-corrected chi connectivity index (χ1v) is 7.46. The number of rotatable bonds is 4. The molecule has 1 unspecified atom stereocenters. The number of aromatic nitrogens is 4. The fraction of sp³-hybridized carbons (Fsp3) is 0.188. The summed E-state index contributed by atoms with van der Waals surface area (Å²) >= 11 is 0. The van der Waals surface area contributed by atoms with Crippen molar-refractivity contribution in [3.63, 3.8) is 0 Å². The summed E-state index contributed by atoms with van der Waals surface area (Å²) in [7, 11) is 0. The van der Waals surface area contributed by atoms with E-state index in [1.54, 1.807) is 46.2 Å². The number of ether oxygens (including phenoxy) is 1. The lowest BCUT2D eigenvalue weighted by molar-refractivity contribution is 0.129. The lowest BCUT2D eigenvalue weighted by Crippen LogP contribution is -2.26. The number of cyclic esters (lactones) is 1. The molecule has 1 aliphatic heterocycles. The second kappa shape index (κ2) is 5.80. The van der Waals surface area contributed by atoms with E-state index in [-0.39, 0.29) is 6.10 Å². The van der Waals surface area contributed by atoms with Crippen LogP contribution in [0.4, 0.5) is 14.9 Å². The molecule has 1 atom stereocenters. The Morgan fingerprint density at radius 1 is 1.25 bits per heavy atom. The number of anilines is 1. The zero-order valence-electron chi connectivity index (χ0n) is 12.6. The minimum absolute atomic E-state index is 0.334. The molecule has 0 N–H and O–H groups in total. The molecule has 4 rings (SSSR count). The van der Waals surface area contributed by atoms with Gasteiger partial charge in [-0.3, -0.25) is 4.90 Å². The summed E-state index contributed by atoms with van der Waals surface area (Å²) in [4.78, 5) is 13.5. The van der Waals surface area contributed by atoms with Gasteiger partial charge in [-0.15, -0.1) is 5.10 Å². The Morgan fingerprint density at radius 2 is 2.08 bits per heavy atom. The van der Waals surface area contributed by atoms with Crippen molar-refractivity contribution in [3.8, 4) is 5.69 Å². The number of nitrogens with zero attached hydrogens (tertiary/aromatic N) is 5. The fourth-order valence-electron chi connectivity index (χ4n) is 2.73. The van der Waals surface area contributed by atoms with Crippen LogP contribution in [0.3, 0.4) is 0 Å². The van der Waals surface area contributed by atoms with Crippen LogP contribution in [0.5, 0.6) is 0 Å². The van der Waals surface area contributed by atoms with Crippen molar-refractivity contribution in [3.05, 3.63) is 60.9 Å². The Bertz CT molecular complexity index is 847. The Kier molecular flexibility index (Phi) is 3.49. The molecule has 1 amide bonds. The molecule has 1 fully saturated rings. The van der Waals surface area contributed by atoms with Crippen LogP contribution in [0.15, 0.2) is 55.1 Å². The first-order chi connectivity index (χ1) is 11.7. The highest BCUT2D eigenvalue weighted by atomic mass is 19.1. The minimum Gasteiger partial charge on any atom is -0.442 e. The summed E-state index contributed by atoms with van der Waals surface area (Å²) in [6.07, 6.45) is 5.93. The number of carbonyl (C=O) groups excluding carboxylic acids is 1. The van der Waals surface area contributed by atoms with E-state index in [0.29, 0.717) is 24.5 Å². The van der Waals surface area contributed by atoms with E-state index in [2.05, 4.69) is 10.3 Å². The molecule has 24 heavy (non-hydrogen) atoms. The van der Waals surface area contributed by atoms with Gasteiger partial charge in [0, 0.05) is 18.6 Å². The van der Waals surface area contributed by atoms with Gasteiger partial charge in [-0.1, -0.05) is 5.21 Å². The maximum Gasteiger partial charge on any atom is 0.414 e. The molecular formula is C16H14FN5O2. The standard InChI is InChI=1S/C16H14FN5O2/c17-14-9-12(3-4-15(14)20-6-1-2-7-20)22-11-13(24-16(22)23)10-21-8-5-18-19-21/h1-9,13H,10-11H2. The molecule has 1 aromatic carbocycles. The summed E-state index contributed by atoms with van der Waals surface area (Å²) in [6, 6.07) is 8.33. The number of hydrogen-bond donors (Lipinski definition) is 0. The molecule has 0 radical (unpaired) electrons. The molecular weight excluding hydrogens is 313 g/mol. The van der Waals surface area contributed by atoms with Crippen LogP contribution in [0.25, 0.3) is 5.69 Å². The zero-order chi connectivity index (χ0) is 16.5. The van der Waals surface area contributed by atoms with E-state index in [4.69, 9.17) is 4.74 Å². The number of amides is 1. The molecule has 122 valence electrons. The van der Waals surface area contributed by atoms with E-state index in [1.165, 1.54) is 11.0 Å². The molecule has 8 heteroatoms. The average Bonchev–Trinajstić information content (AvgIpc) is 3.30. The highest BCUT2D eigenvalue weighted by molar-refractivity contribution is 5.89. The molecule has 0 saturated carbocycles. The summed E-state index contributed by atoms with van der Waals surface area (Å²) in [5, 5.41) is 7.56. The van der Waals surface area contributed by atoms with Gasteiger partial charge in [-0.2, -0.15) is 0 Å². The van der Waals surface area contributed by atoms with Crippen LogP contribution in [0, 0.1) is 5.82 Å². The largest absolute Gasteiger partial charge is 0.442 e. The summed E-state index contributed by atoms with van der Waals surface area (Å²) < 4.78 is 23.0. The number of hydrogen-bond acceptors (Lipinski definition) is 4. The summed E-state index contributed by atoms with van der Waals surface area (Å²) in [6.45, 7) is 0.743. The first kappa shape index (κ1) is 14.4. The molecule has 0 spiro atoms. The lowest BCUT2D eigenvalue weighted by Gasteiger charge is -2.14. The van der Waals surface area contributed by atoms with Gasteiger partial charge < -0.3 is 9.30 Å². The topological polar surface area (TPSA) is 65.2 Å². The van der Waals surface area contributed by atoms with E-state index in [0.717, 1.165) is 0 Å². The monoisotopic (exact) mass is 327 g/mol. The van der Waals surface area contributed by atoms with Gasteiger partial charge in [0.15, 0.2) is 0 Å². The zero-order valence-corrected chi connectivity index (χ0v) is 12.6. The van der Waals surface area contributed by atoms with Crippen LogP contribution in [-0.2, 0) is 11.3 Å². The third-order valence-corrected chi connectivity index (χ3v) is 3.86. The molecule has 3 aromatic rings. The average molecular weight is 327 g/mol. The van der Waals surface area contributed by atoms with Crippen molar-refractivity contribution in [1.82, 2.24) is 19.6 Å². The molecule has 1 saturated heterocycles. The Labute approximate surface area is 136 Å². The maximum absolute atomic E-state index is 14.4. The summed E-state index contributed by atoms with van der Waals surface area (Å²) in [5.74, 6) is -0.406. The van der Waals surface area contributed by atoms with E-state index in [1.807, 2.05) is 12.1 Å². The summed E-state index contributed by atoms with van der Waals surface area (Å²) in [5.41, 5.74) is 0.893. The van der Waals surface area contributed by atoms with Crippen molar-refractivity contribution in [2.24, 2.45) is 0 Å². The molecule has 2 aromatic heterocycles. The van der Waals surface area contributed by atoms with Crippen LogP contribution >= 0.6 is 0 Å². The third-order valence-electron chi connectivity index (χ3n) is 3.86. The minimum atomic E-state index is -0.492. The van der Waals surface area contributed by atoms with Gasteiger partial charge in [-0.05, 0) is 30.3 Å². The first-order valence-electron chi connectivity index (χ1n) is 7.46.